The Kier molecular flexibility index (Phi) is 7.82. The van der Waals surface area contributed by atoms with Gasteiger partial charge in [0.2, 0.25) is 11.9 Å². The largest absolute Gasteiger partial charge is 0.460 e. The summed E-state index contributed by atoms with van der Waals surface area (Å²) in [5.41, 5.74) is -2.04. The first-order chi connectivity index (χ1) is 15.7. The molecule has 0 radical (unpaired) electrons. The highest BCUT2D eigenvalue weighted by atomic mass is 16.7. The molecule has 1 aliphatic carbocycles. The molecule has 4 N–H and O–H groups in total. The van der Waals surface area contributed by atoms with Crippen molar-refractivity contribution < 1.29 is 53.8 Å². The number of para-hydroxylation sites is 1. The van der Waals surface area contributed by atoms with E-state index in [2.05, 4.69) is 0 Å². The topological polar surface area (TPSA) is 169 Å². The second-order valence-electron chi connectivity index (χ2n) is 7.71. The van der Waals surface area contributed by atoms with Gasteiger partial charge in [-0.05, 0) is 18.6 Å². The Hall–Kier alpha value is -2.83. The maximum absolute atomic E-state index is 12.4. The van der Waals surface area contributed by atoms with Gasteiger partial charge in [0.05, 0.1) is 6.61 Å². The van der Waals surface area contributed by atoms with Crippen LogP contribution in [0, 0.1) is 0 Å². The summed E-state index contributed by atoms with van der Waals surface area (Å²) in [6, 6.07) is 6.25. The summed E-state index contributed by atoms with van der Waals surface area (Å²) in [6.45, 7) is 0.0929. The van der Waals surface area contributed by atoms with E-state index in [9.17, 15) is 34.8 Å². The summed E-state index contributed by atoms with van der Waals surface area (Å²) in [4.78, 5) is 35.8. The van der Waals surface area contributed by atoms with Crippen LogP contribution >= 0.6 is 0 Å². The zero-order valence-corrected chi connectivity index (χ0v) is 17.8. The molecule has 1 aromatic rings. The number of aliphatic hydroxyl groups is 4. The summed E-state index contributed by atoms with van der Waals surface area (Å²) in [5, 5.41) is 40.2. The third kappa shape index (κ3) is 5.40. The van der Waals surface area contributed by atoms with Gasteiger partial charge in [0.1, 0.15) is 30.7 Å². The molecule has 0 amide bonds. The Bertz CT molecular complexity index is 913. The molecule has 0 bridgehead atoms. The number of ether oxygens (including phenoxy) is 4. The monoisotopic (exact) mass is 466 g/mol. The summed E-state index contributed by atoms with van der Waals surface area (Å²) in [5.74, 6) is -2.44. The Labute approximate surface area is 189 Å². The molecule has 0 spiro atoms. The van der Waals surface area contributed by atoms with Crippen molar-refractivity contribution >= 4 is 17.7 Å². The third-order valence-electron chi connectivity index (χ3n) is 5.33. The minimum atomic E-state index is -2.35. The number of allylic oxidation sites excluding steroid dienone is 1. The first-order valence-electron chi connectivity index (χ1n) is 10.3. The number of ketones is 1. The van der Waals surface area contributed by atoms with Gasteiger partial charge in [-0.25, -0.2) is 4.79 Å². The number of benzene rings is 1. The fraction of sp³-hybridized carbons (Fsp3) is 0.500. The lowest BCUT2D eigenvalue weighted by atomic mass is 9.90. The molecule has 3 rings (SSSR count). The predicted molar refractivity (Wildman–Crippen MR) is 109 cm³/mol. The Morgan fingerprint density at radius 1 is 1.21 bits per heavy atom. The van der Waals surface area contributed by atoms with E-state index in [0.29, 0.717) is 12.0 Å². The molecule has 11 heteroatoms. The van der Waals surface area contributed by atoms with Gasteiger partial charge < -0.3 is 39.4 Å². The first-order valence-corrected chi connectivity index (χ1v) is 10.3. The molecule has 0 saturated carbocycles. The lowest BCUT2D eigenvalue weighted by molar-refractivity contribution is -0.282. The number of hydrogen-bond acceptors (Lipinski definition) is 11. The van der Waals surface area contributed by atoms with Crippen molar-refractivity contribution in [3.8, 4) is 5.75 Å². The molecule has 0 unspecified atom stereocenters. The maximum Gasteiger partial charge on any atom is 0.350 e. The molecule has 33 heavy (non-hydrogen) atoms. The summed E-state index contributed by atoms with van der Waals surface area (Å²) < 4.78 is 21.4. The quantitative estimate of drug-likeness (QED) is 0.224. The Morgan fingerprint density at radius 2 is 1.94 bits per heavy atom. The van der Waals surface area contributed by atoms with Crippen molar-refractivity contribution in [3.63, 3.8) is 0 Å². The maximum atomic E-state index is 12.4. The Balaban J connectivity index is 1.76. The molecule has 0 aromatic heterocycles. The number of aliphatic hydroxyl groups excluding tert-OH is 3. The number of carbonyl (C=O) groups excluding carboxylic acids is 3. The van der Waals surface area contributed by atoms with Crippen LogP contribution in [-0.2, 0) is 35.2 Å². The lowest BCUT2D eigenvalue weighted by Crippen LogP contribution is -2.61. The van der Waals surface area contributed by atoms with E-state index >= 15 is 0 Å². The van der Waals surface area contributed by atoms with E-state index in [0.717, 1.165) is 13.0 Å². The van der Waals surface area contributed by atoms with E-state index in [-0.39, 0.29) is 18.8 Å². The van der Waals surface area contributed by atoms with Crippen molar-refractivity contribution in [2.24, 2.45) is 0 Å². The van der Waals surface area contributed by atoms with Gasteiger partial charge in [-0.2, -0.15) is 0 Å². The molecule has 1 heterocycles. The molecule has 6 atom stereocenters. The molecule has 180 valence electrons. The van der Waals surface area contributed by atoms with E-state index in [1.165, 1.54) is 12.1 Å². The standard InChI is InChI=1S/C22H26O11/c1-12(24)31-19-18(27)17(26)15(10-23)33-20(19)32-14-7-3-2-6-13(14)11-30-21(28)22(29)9-5-4-8-16(22)25/h2-3,5-7,9,15,17-20,23,26-27,29H,4,8,10-11H2,1H3/t15-,17+,18-,19+,20+,22+/m0/s1. The minimum Gasteiger partial charge on any atom is -0.460 e. The van der Waals surface area contributed by atoms with Gasteiger partial charge in [-0.1, -0.05) is 24.3 Å². The van der Waals surface area contributed by atoms with Crippen LogP contribution in [0.1, 0.15) is 25.3 Å². The van der Waals surface area contributed by atoms with E-state index in [1.807, 2.05) is 0 Å². The molecular formula is C22H26O11. The van der Waals surface area contributed by atoms with Gasteiger partial charge in [0, 0.05) is 18.9 Å². The third-order valence-corrected chi connectivity index (χ3v) is 5.33. The second kappa shape index (κ2) is 10.4. The average molecular weight is 466 g/mol. The zero-order valence-electron chi connectivity index (χ0n) is 17.8. The number of carbonyl (C=O) groups is 3. The number of rotatable bonds is 7. The van der Waals surface area contributed by atoms with Crippen molar-refractivity contribution in [2.75, 3.05) is 6.61 Å². The normalized spacial score (nSPS) is 31.7. The van der Waals surface area contributed by atoms with Crippen LogP contribution in [0.25, 0.3) is 0 Å². The van der Waals surface area contributed by atoms with E-state index < -0.39 is 60.6 Å². The summed E-state index contributed by atoms with van der Waals surface area (Å²) >= 11 is 0. The van der Waals surface area contributed by atoms with Crippen LogP contribution in [0.15, 0.2) is 36.4 Å². The van der Waals surface area contributed by atoms with Crippen molar-refractivity contribution in [1.82, 2.24) is 0 Å². The SMILES string of the molecule is CC(=O)O[C@H]1[C@H](Oc2ccccc2COC(=O)[C@@]2(O)C=CCCC2=O)O[C@@H](CO)[C@@H](O)[C@@H]1O. The fourth-order valence-corrected chi connectivity index (χ4v) is 3.52. The predicted octanol–water partition coefficient (Wildman–Crippen LogP) is -0.870. The molecule has 2 aliphatic rings. The van der Waals surface area contributed by atoms with Crippen LogP contribution in [-0.4, -0.2) is 81.1 Å². The van der Waals surface area contributed by atoms with Gasteiger partial charge in [-0.3, -0.25) is 9.59 Å². The van der Waals surface area contributed by atoms with Crippen LogP contribution < -0.4 is 4.74 Å². The molecule has 11 nitrogen and oxygen atoms in total. The number of Topliss-reactive ketones (excluding diaryl/α,β-unsaturated/α-hetero) is 1. The highest BCUT2D eigenvalue weighted by Gasteiger charge is 2.48. The smallest absolute Gasteiger partial charge is 0.350 e. The van der Waals surface area contributed by atoms with Crippen molar-refractivity contribution in [3.05, 3.63) is 42.0 Å². The molecule has 1 fully saturated rings. The van der Waals surface area contributed by atoms with Crippen LogP contribution in [0.4, 0.5) is 0 Å². The first kappa shape index (κ1) is 24.8. The Morgan fingerprint density at radius 3 is 2.61 bits per heavy atom. The second-order valence-corrected chi connectivity index (χ2v) is 7.71. The van der Waals surface area contributed by atoms with E-state index in [1.54, 1.807) is 18.2 Å². The van der Waals surface area contributed by atoms with Crippen molar-refractivity contribution in [1.29, 1.82) is 0 Å². The average Bonchev–Trinajstić information content (AvgIpc) is 2.79. The van der Waals surface area contributed by atoms with Crippen LogP contribution in [0.3, 0.4) is 0 Å². The summed E-state index contributed by atoms with van der Waals surface area (Å²) in [7, 11) is 0. The number of esters is 2. The van der Waals surface area contributed by atoms with Crippen molar-refractivity contribution in [2.45, 2.75) is 62.7 Å². The number of hydrogen-bond donors (Lipinski definition) is 4. The highest BCUT2D eigenvalue weighted by molar-refractivity contribution is 6.09. The molecule has 1 aliphatic heterocycles. The summed E-state index contributed by atoms with van der Waals surface area (Å²) in [6.07, 6.45) is -4.11. The van der Waals surface area contributed by atoms with Crippen LogP contribution in [0.2, 0.25) is 0 Å². The molecular weight excluding hydrogens is 440 g/mol. The zero-order chi connectivity index (χ0) is 24.2. The van der Waals surface area contributed by atoms with Gasteiger partial charge in [0.25, 0.3) is 0 Å². The van der Waals surface area contributed by atoms with Crippen LogP contribution in [0.5, 0.6) is 5.75 Å². The van der Waals surface area contributed by atoms with Gasteiger partial charge in [-0.15, -0.1) is 0 Å². The lowest BCUT2D eigenvalue weighted by Gasteiger charge is -2.41. The minimum absolute atomic E-state index is 0.0125. The molecule has 1 saturated heterocycles. The highest BCUT2D eigenvalue weighted by Crippen LogP contribution is 2.29. The van der Waals surface area contributed by atoms with Gasteiger partial charge >= 0.3 is 11.9 Å². The van der Waals surface area contributed by atoms with E-state index in [4.69, 9.17) is 18.9 Å². The fourth-order valence-electron chi connectivity index (χ4n) is 3.52. The van der Waals surface area contributed by atoms with Gasteiger partial charge in [0.15, 0.2) is 11.9 Å². The molecule has 1 aromatic carbocycles.